The third kappa shape index (κ3) is 3.52. The number of hydrogen-bond donors (Lipinski definition) is 1. The second-order valence-electron chi connectivity index (χ2n) is 4.81. The van der Waals surface area contributed by atoms with Crippen molar-refractivity contribution in [3.8, 4) is 0 Å². The minimum Gasteiger partial charge on any atom is -0.300 e. The molecule has 0 aliphatic rings. The van der Waals surface area contributed by atoms with E-state index in [1.807, 2.05) is 67.0 Å². The lowest BCUT2D eigenvalue weighted by Crippen LogP contribution is -2.23. The molecule has 1 aromatic carbocycles. The fourth-order valence-corrected chi connectivity index (χ4v) is 2.27. The molecule has 21 heavy (non-hydrogen) atoms. The summed E-state index contributed by atoms with van der Waals surface area (Å²) in [5.41, 5.74) is 3.20. The number of nitrogens with one attached hydrogen (secondary N) is 1. The number of hydrogen-bond acceptors (Lipinski definition) is 3. The molecule has 2 heterocycles. The van der Waals surface area contributed by atoms with Crippen LogP contribution in [0.4, 0.5) is 0 Å². The zero-order valence-corrected chi connectivity index (χ0v) is 11.7. The number of aromatic nitrogens is 2. The standard InChI is InChI=1S/C18H17N3/c1-2-8-15(9-3-1)14-21-18(16-10-4-6-12-19-16)17-11-5-7-13-20-17/h1-13,18,21H,14H2. The monoisotopic (exact) mass is 275 g/mol. The average molecular weight is 275 g/mol. The van der Waals surface area contributed by atoms with Gasteiger partial charge >= 0.3 is 0 Å². The summed E-state index contributed by atoms with van der Waals surface area (Å²) in [6.45, 7) is 0.776. The largest absolute Gasteiger partial charge is 0.300 e. The molecular formula is C18H17N3. The highest BCUT2D eigenvalue weighted by atomic mass is 15.0. The first-order valence-corrected chi connectivity index (χ1v) is 7.02. The molecular weight excluding hydrogens is 258 g/mol. The van der Waals surface area contributed by atoms with Crippen LogP contribution in [0.2, 0.25) is 0 Å². The van der Waals surface area contributed by atoms with Gasteiger partial charge in [0.1, 0.15) is 0 Å². The smallest absolute Gasteiger partial charge is 0.0927 e. The van der Waals surface area contributed by atoms with Crippen LogP contribution in [0.1, 0.15) is 23.0 Å². The van der Waals surface area contributed by atoms with Crippen LogP contribution in [-0.2, 0) is 6.54 Å². The Labute approximate surface area is 124 Å². The zero-order valence-electron chi connectivity index (χ0n) is 11.7. The SMILES string of the molecule is c1ccc(CNC(c2ccccn2)c2ccccn2)cc1. The summed E-state index contributed by atoms with van der Waals surface area (Å²) in [4.78, 5) is 8.93. The van der Waals surface area contributed by atoms with Crippen LogP contribution in [0.25, 0.3) is 0 Å². The molecule has 3 nitrogen and oxygen atoms in total. The van der Waals surface area contributed by atoms with Gasteiger partial charge in [0, 0.05) is 18.9 Å². The molecule has 0 fully saturated rings. The molecule has 0 aliphatic heterocycles. The summed E-state index contributed by atoms with van der Waals surface area (Å²) >= 11 is 0. The lowest BCUT2D eigenvalue weighted by Gasteiger charge is -2.18. The summed E-state index contributed by atoms with van der Waals surface area (Å²) in [6, 6.07) is 22.3. The Balaban J connectivity index is 1.83. The second kappa shape index (κ2) is 6.77. The molecule has 3 heteroatoms. The number of nitrogens with zero attached hydrogens (tertiary/aromatic N) is 2. The highest BCUT2D eigenvalue weighted by Gasteiger charge is 2.15. The molecule has 3 aromatic rings. The van der Waals surface area contributed by atoms with Crippen LogP contribution in [0.5, 0.6) is 0 Å². The fraction of sp³-hybridized carbons (Fsp3) is 0.111. The maximum absolute atomic E-state index is 4.47. The molecule has 0 spiro atoms. The molecule has 0 amide bonds. The van der Waals surface area contributed by atoms with Gasteiger partial charge in [0.2, 0.25) is 0 Å². The van der Waals surface area contributed by atoms with E-state index in [0.717, 1.165) is 17.9 Å². The predicted octanol–water partition coefficient (Wildman–Crippen LogP) is 3.36. The third-order valence-corrected chi connectivity index (χ3v) is 3.32. The van der Waals surface area contributed by atoms with E-state index in [1.54, 1.807) is 0 Å². The second-order valence-corrected chi connectivity index (χ2v) is 4.81. The van der Waals surface area contributed by atoms with Gasteiger partial charge in [0.15, 0.2) is 0 Å². The molecule has 0 unspecified atom stereocenters. The van der Waals surface area contributed by atoms with E-state index in [-0.39, 0.29) is 6.04 Å². The Bertz CT molecular complexity index is 614. The molecule has 0 bridgehead atoms. The van der Waals surface area contributed by atoms with Crippen molar-refractivity contribution in [1.82, 2.24) is 15.3 Å². The molecule has 1 N–H and O–H groups in total. The summed E-state index contributed by atoms with van der Waals surface area (Å²) in [7, 11) is 0. The van der Waals surface area contributed by atoms with E-state index in [9.17, 15) is 0 Å². The third-order valence-electron chi connectivity index (χ3n) is 3.32. The minimum atomic E-state index is -0.00685. The van der Waals surface area contributed by atoms with Crippen molar-refractivity contribution in [3.05, 3.63) is 96.1 Å². The van der Waals surface area contributed by atoms with Crippen molar-refractivity contribution >= 4 is 0 Å². The number of pyridine rings is 2. The molecule has 0 radical (unpaired) electrons. The average Bonchev–Trinajstić information content (AvgIpc) is 2.58. The summed E-state index contributed by atoms with van der Waals surface area (Å²) in [5.74, 6) is 0. The van der Waals surface area contributed by atoms with Crippen LogP contribution in [0.3, 0.4) is 0 Å². The van der Waals surface area contributed by atoms with Crippen LogP contribution >= 0.6 is 0 Å². The van der Waals surface area contributed by atoms with Gasteiger partial charge in [-0.2, -0.15) is 0 Å². The number of rotatable bonds is 5. The van der Waals surface area contributed by atoms with E-state index in [2.05, 4.69) is 27.4 Å². The van der Waals surface area contributed by atoms with Crippen molar-refractivity contribution in [2.75, 3.05) is 0 Å². The minimum absolute atomic E-state index is 0.00685. The van der Waals surface area contributed by atoms with Crippen LogP contribution in [-0.4, -0.2) is 9.97 Å². The highest BCUT2D eigenvalue weighted by Crippen LogP contribution is 2.18. The molecule has 104 valence electrons. The first kappa shape index (κ1) is 13.5. The maximum Gasteiger partial charge on any atom is 0.0927 e. The Morgan fingerprint density at radius 2 is 1.29 bits per heavy atom. The Morgan fingerprint density at radius 1 is 0.714 bits per heavy atom. The number of benzene rings is 1. The van der Waals surface area contributed by atoms with Gasteiger partial charge in [-0.25, -0.2) is 0 Å². The van der Waals surface area contributed by atoms with Gasteiger partial charge in [0.25, 0.3) is 0 Å². The van der Waals surface area contributed by atoms with E-state index in [4.69, 9.17) is 0 Å². The topological polar surface area (TPSA) is 37.8 Å². The fourth-order valence-electron chi connectivity index (χ4n) is 2.27. The van der Waals surface area contributed by atoms with Crippen molar-refractivity contribution in [2.45, 2.75) is 12.6 Å². The van der Waals surface area contributed by atoms with Crippen LogP contribution < -0.4 is 5.32 Å². The molecule has 3 rings (SSSR count). The zero-order chi connectivity index (χ0) is 14.3. The summed E-state index contributed by atoms with van der Waals surface area (Å²) in [5, 5.41) is 3.54. The Morgan fingerprint density at radius 3 is 1.81 bits per heavy atom. The summed E-state index contributed by atoms with van der Waals surface area (Å²) in [6.07, 6.45) is 3.63. The molecule has 2 aromatic heterocycles. The maximum atomic E-state index is 4.47. The predicted molar refractivity (Wildman–Crippen MR) is 83.6 cm³/mol. The van der Waals surface area contributed by atoms with Crippen LogP contribution in [0.15, 0.2) is 79.1 Å². The first-order valence-electron chi connectivity index (χ1n) is 7.02. The van der Waals surface area contributed by atoms with E-state index < -0.39 is 0 Å². The molecule has 0 saturated heterocycles. The van der Waals surface area contributed by atoms with Gasteiger partial charge in [0.05, 0.1) is 17.4 Å². The molecule has 0 saturated carbocycles. The highest BCUT2D eigenvalue weighted by molar-refractivity contribution is 5.23. The van der Waals surface area contributed by atoms with Crippen molar-refractivity contribution in [2.24, 2.45) is 0 Å². The van der Waals surface area contributed by atoms with Gasteiger partial charge in [-0.1, -0.05) is 42.5 Å². The Kier molecular flexibility index (Phi) is 4.34. The van der Waals surface area contributed by atoms with E-state index >= 15 is 0 Å². The van der Waals surface area contributed by atoms with Crippen molar-refractivity contribution in [3.63, 3.8) is 0 Å². The molecule has 0 aliphatic carbocycles. The van der Waals surface area contributed by atoms with Gasteiger partial charge in [-0.05, 0) is 29.8 Å². The quantitative estimate of drug-likeness (QED) is 0.776. The van der Waals surface area contributed by atoms with Gasteiger partial charge in [-0.15, -0.1) is 0 Å². The van der Waals surface area contributed by atoms with E-state index in [0.29, 0.717) is 0 Å². The van der Waals surface area contributed by atoms with Crippen LogP contribution in [0, 0.1) is 0 Å². The van der Waals surface area contributed by atoms with Crippen molar-refractivity contribution in [1.29, 1.82) is 0 Å². The first-order chi connectivity index (χ1) is 10.4. The van der Waals surface area contributed by atoms with Crippen molar-refractivity contribution < 1.29 is 0 Å². The van der Waals surface area contributed by atoms with E-state index in [1.165, 1.54) is 5.56 Å². The van der Waals surface area contributed by atoms with Gasteiger partial charge in [-0.3, -0.25) is 15.3 Å². The van der Waals surface area contributed by atoms with Gasteiger partial charge < -0.3 is 0 Å². The lowest BCUT2D eigenvalue weighted by molar-refractivity contribution is 0.579. The Hall–Kier alpha value is -2.52. The molecule has 0 atom stereocenters. The lowest BCUT2D eigenvalue weighted by atomic mass is 10.1. The summed E-state index contributed by atoms with van der Waals surface area (Å²) < 4.78 is 0. The normalized spacial score (nSPS) is 10.7.